The number of hydrogen-bond donors (Lipinski definition) is 2. The molecule has 1 aromatic rings. The van der Waals surface area contributed by atoms with Crippen LogP contribution in [0.4, 0.5) is 0 Å². The molecular weight excluding hydrogens is 286 g/mol. The van der Waals surface area contributed by atoms with Gasteiger partial charge in [-0.1, -0.05) is 0 Å². The average Bonchev–Trinajstić information content (AvgIpc) is 3.06. The highest BCUT2D eigenvalue weighted by Crippen LogP contribution is 2.24. The molecule has 0 aliphatic carbocycles. The highest BCUT2D eigenvalue weighted by Gasteiger charge is 2.29. The summed E-state index contributed by atoms with van der Waals surface area (Å²) in [6.07, 6.45) is 1.86. The Bertz CT molecular complexity index is 567. The third-order valence-corrected chi connectivity index (χ3v) is 5.74. The monoisotopic (exact) mass is 303 g/mol. The molecule has 1 atom stereocenters. The second-order valence-electron chi connectivity index (χ2n) is 4.38. The summed E-state index contributed by atoms with van der Waals surface area (Å²) in [5.74, 6) is -0.129. The molecule has 0 aromatic carbocycles. The van der Waals surface area contributed by atoms with Crippen LogP contribution in [-0.4, -0.2) is 45.4 Å². The number of rotatable bonds is 4. The summed E-state index contributed by atoms with van der Waals surface area (Å²) in [5, 5.41) is 1.48. The predicted molar refractivity (Wildman–Crippen MR) is 73.7 cm³/mol. The molecule has 1 amide bonds. The number of amides is 1. The molecule has 0 unspecified atom stereocenters. The van der Waals surface area contributed by atoms with Crippen LogP contribution in [0.15, 0.2) is 16.3 Å². The van der Waals surface area contributed by atoms with Crippen molar-refractivity contribution >= 4 is 27.3 Å². The number of nitrogens with two attached hydrogens (primary N) is 1. The molecule has 1 fully saturated rings. The molecule has 19 heavy (non-hydrogen) atoms. The van der Waals surface area contributed by atoms with E-state index in [1.165, 1.54) is 18.5 Å². The SMILES string of the molecule is CNS(=O)(=O)c1csc(C(=O)N2CCC[C@@H]2CN)c1. The van der Waals surface area contributed by atoms with Crippen LogP contribution in [0.1, 0.15) is 22.5 Å². The van der Waals surface area contributed by atoms with Crippen molar-refractivity contribution in [3.8, 4) is 0 Å². The zero-order valence-electron chi connectivity index (χ0n) is 10.6. The van der Waals surface area contributed by atoms with E-state index in [1.54, 1.807) is 4.90 Å². The molecule has 0 spiro atoms. The second kappa shape index (κ2) is 5.58. The minimum atomic E-state index is -3.49. The largest absolute Gasteiger partial charge is 0.334 e. The third-order valence-electron chi connectivity index (χ3n) is 3.28. The molecule has 0 radical (unpaired) electrons. The fraction of sp³-hybridized carbons (Fsp3) is 0.545. The maximum absolute atomic E-state index is 12.3. The van der Waals surface area contributed by atoms with Crippen LogP contribution in [0.3, 0.4) is 0 Å². The normalized spacial score (nSPS) is 19.9. The number of sulfonamides is 1. The first kappa shape index (κ1) is 14.4. The van der Waals surface area contributed by atoms with Gasteiger partial charge in [0.15, 0.2) is 0 Å². The molecule has 3 N–H and O–H groups in total. The van der Waals surface area contributed by atoms with Gasteiger partial charge in [0.25, 0.3) is 5.91 Å². The summed E-state index contributed by atoms with van der Waals surface area (Å²) in [7, 11) is -2.14. The van der Waals surface area contributed by atoms with Gasteiger partial charge in [0.2, 0.25) is 10.0 Å². The molecule has 1 aliphatic rings. The number of carbonyl (C=O) groups is 1. The van der Waals surface area contributed by atoms with Crippen LogP contribution >= 0.6 is 11.3 Å². The molecule has 1 aliphatic heterocycles. The van der Waals surface area contributed by atoms with Gasteiger partial charge < -0.3 is 10.6 Å². The minimum Gasteiger partial charge on any atom is -0.334 e. The molecule has 0 bridgehead atoms. The van der Waals surface area contributed by atoms with Crippen molar-refractivity contribution in [2.24, 2.45) is 5.73 Å². The van der Waals surface area contributed by atoms with Crippen molar-refractivity contribution in [2.45, 2.75) is 23.8 Å². The maximum Gasteiger partial charge on any atom is 0.264 e. The van der Waals surface area contributed by atoms with Crippen LogP contribution < -0.4 is 10.5 Å². The Morgan fingerprint density at radius 1 is 1.63 bits per heavy atom. The van der Waals surface area contributed by atoms with Gasteiger partial charge in [0, 0.05) is 24.5 Å². The Kier molecular flexibility index (Phi) is 4.24. The summed E-state index contributed by atoms with van der Waals surface area (Å²) in [4.78, 5) is 14.6. The van der Waals surface area contributed by atoms with Crippen molar-refractivity contribution in [1.29, 1.82) is 0 Å². The first-order valence-electron chi connectivity index (χ1n) is 6.02. The topological polar surface area (TPSA) is 92.5 Å². The lowest BCUT2D eigenvalue weighted by atomic mass is 10.2. The number of thiophene rings is 1. The van der Waals surface area contributed by atoms with E-state index in [0.29, 0.717) is 18.0 Å². The van der Waals surface area contributed by atoms with Gasteiger partial charge in [-0.25, -0.2) is 13.1 Å². The molecule has 8 heteroatoms. The summed E-state index contributed by atoms with van der Waals surface area (Å²) in [6, 6.07) is 1.49. The lowest BCUT2D eigenvalue weighted by Crippen LogP contribution is -2.39. The number of hydrogen-bond acceptors (Lipinski definition) is 5. The maximum atomic E-state index is 12.3. The Balaban J connectivity index is 2.21. The van der Waals surface area contributed by atoms with Gasteiger partial charge in [-0.15, -0.1) is 11.3 Å². The van der Waals surface area contributed by atoms with Gasteiger partial charge in [0.05, 0.1) is 9.77 Å². The lowest BCUT2D eigenvalue weighted by molar-refractivity contribution is 0.0746. The zero-order chi connectivity index (χ0) is 14.0. The number of nitrogens with one attached hydrogen (secondary N) is 1. The van der Waals surface area contributed by atoms with Gasteiger partial charge in [-0.3, -0.25) is 4.79 Å². The van der Waals surface area contributed by atoms with E-state index in [4.69, 9.17) is 5.73 Å². The van der Waals surface area contributed by atoms with Crippen molar-refractivity contribution in [3.63, 3.8) is 0 Å². The number of likely N-dealkylation sites (tertiary alicyclic amines) is 1. The summed E-state index contributed by atoms with van der Waals surface area (Å²) < 4.78 is 25.5. The molecule has 2 rings (SSSR count). The first-order valence-corrected chi connectivity index (χ1v) is 8.39. The summed E-state index contributed by atoms with van der Waals surface area (Å²) in [6.45, 7) is 1.13. The number of nitrogens with zero attached hydrogens (tertiary/aromatic N) is 1. The van der Waals surface area contributed by atoms with E-state index in [-0.39, 0.29) is 16.8 Å². The Labute approximate surface area is 116 Å². The van der Waals surface area contributed by atoms with Crippen molar-refractivity contribution < 1.29 is 13.2 Å². The van der Waals surface area contributed by atoms with Crippen molar-refractivity contribution in [3.05, 3.63) is 16.3 Å². The van der Waals surface area contributed by atoms with Crippen LogP contribution in [0.25, 0.3) is 0 Å². The molecule has 6 nitrogen and oxygen atoms in total. The molecular formula is C11H17N3O3S2. The van der Waals surface area contributed by atoms with Crippen LogP contribution in [0.2, 0.25) is 0 Å². The van der Waals surface area contributed by atoms with E-state index >= 15 is 0 Å². The quantitative estimate of drug-likeness (QED) is 0.832. The van der Waals surface area contributed by atoms with E-state index in [2.05, 4.69) is 4.72 Å². The van der Waals surface area contributed by atoms with Gasteiger partial charge >= 0.3 is 0 Å². The van der Waals surface area contributed by atoms with E-state index in [0.717, 1.165) is 24.2 Å². The molecule has 2 heterocycles. The fourth-order valence-corrected chi connectivity index (χ4v) is 4.14. The minimum absolute atomic E-state index is 0.0685. The smallest absolute Gasteiger partial charge is 0.264 e. The van der Waals surface area contributed by atoms with Crippen LogP contribution in [-0.2, 0) is 10.0 Å². The Morgan fingerprint density at radius 2 is 2.37 bits per heavy atom. The van der Waals surface area contributed by atoms with Gasteiger partial charge in [-0.05, 0) is 26.0 Å². The van der Waals surface area contributed by atoms with Crippen LogP contribution in [0, 0.1) is 0 Å². The fourth-order valence-electron chi connectivity index (χ4n) is 2.18. The highest BCUT2D eigenvalue weighted by atomic mass is 32.2. The standard InChI is InChI=1S/C11H17N3O3S2/c1-13-19(16,17)9-5-10(18-7-9)11(15)14-4-2-3-8(14)6-12/h5,7-8,13H,2-4,6,12H2,1H3/t8-/m1/s1. The Hall–Kier alpha value is -0.960. The third kappa shape index (κ3) is 2.81. The number of carbonyl (C=O) groups excluding carboxylic acids is 1. The molecule has 0 saturated carbocycles. The van der Waals surface area contributed by atoms with E-state index in [9.17, 15) is 13.2 Å². The first-order chi connectivity index (χ1) is 8.99. The highest BCUT2D eigenvalue weighted by molar-refractivity contribution is 7.89. The second-order valence-corrected chi connectivity index (χ2v) is 7.18. The van der Waals surface area contributed by atoms with Crippen LogP contribution in [0.5, 0.6) is 0 Å². The average molecular weight is 303 g/mol. The van der Waals surface area contributed by atoms with Crippen molar-refractivity contribution in [2.75, 3.05) is 20.1 Å². The summed E-state index contributed by atoms with van der Waals surface area (Å²) >= 11 is 1.15. The Morgan fingerprint density at radius 3 is 3.00 bits per heavy atom. The predicted octanol–water partition coefficient (Wildman–Crippen LogP) is 0.220. The van der Waals surface area contributed by atoms with Gasteiger partial charge in [-0.2, -0.15) is 0 Å². The van der Waals surface area contributed by atoms with Crippen molar-refractivity contribution in [1.82, 2.24) is 9.62 Å². The van der Waals surface area contributed by atoms with E-state index < -0.39 is 10.0 Å². The molecule has 106 valence electrons. The molecule has 1 aromatic heterocycles. The lowest BCUT2D eigenvalue weighted by Gasteiger charge is -2.22. The van der Waals surface area contributed by atoms with E-state index in [1.807, 2.05) is 0 Å². The van der Waals surface area contributed by atoms with Gasteiger partial charge in [0.1, 0.15) is 0 Å². The summed E-state index contributed by atoms with van der Waals surface area (Å²) in [5.41, 5.74) is 5.64. The zero-order valence-corrected chi connectivity index (χ0v) is 12.3. The molecule has 1 saturated heterocycles.